The highest BCUT2D eigenvalue weighted by Crippen LogP contribution is 2.26. The van der Waals surface area contributed by atoms with Crippen LogP contribution < -0.4 is 5.73 Å². The molecule has 0 radical (unpaired) electrons. The number of rotatable bonds is 1. The summed E-state index contributed by atoms with van der Waals surface area (Å²) in [6.07, 6.45) is 0. The van der Waals surface area contributed by atoms with E-state index in [1.54, 1.807) is 0 Å². The summed E-state index contributed by atoms with van der Waals surface area (Å²) in [6, 6.07) is 17.9. The molecule has 2 aromatic carbocycles. The lowest BCUT2D eigenvalue weighted by molar-refractivity contribution is 1.46. The number of fused-ring (bicyclic) bond motifs is 1. The highest BCUT2D eigenvalue weighted by atomic mass is 32.1. The SMILES string of the molecule is N=C(N)c1cc2ccc(C#Cc3ccccc3)cc2s1. The summed E-state index contributed by atoms with van der Waals surface area (Å²) in [4.78, 5) is 0.799. The fraction of sp³-hybridized carbons (Fsp3) is 0. The third kappa shape index (κ3) is 2.56. The number of thiophene rings is 1. The molecule has 0 bridgehead atoms. The summed E-state index contributed by atoms with van der Waals surface area (Å²) in [7, 11) is 0. The zero-order chi connectivity index (χ0) is 13.9. The van der Waals surface area contributed by atoms with E-state index < -0.39 is 0 Å². The topological polar surface area (TPSA) is 49.9 Å². The number of nitrogens with one attached hydrogen (secondary N) is 1. The van der Waals surface area contributed by atoms with E-state index in [2.05, 4.69) is 11.8 Å². The Bertz CT molecular complexity index is 836. The van der Waals surface area contributed by atoms with Gasteiger partial charge in [0.1, 0.15) is 5.84 Å². The Morgan fingerprint density at radius 2 is 1.70 bits per heavy atom. The number of nitrogen functional groups attached to an aromatic ring is 1. The Kier molecular flexibility index (Phi) is 3.24. The maximum Gasteiger partial charge on any atom is 0.133 e. The highest BCUT2D eigenvalue weighted by Gasteiger charge is 2.04. The van der Waals surface area contributed by atoms with Gasteiger partial charge >= 0.3 is 0 Å². The Balaban J connectivity index is 1.97. The number of hydrogen-bond acceptors (Lipinski definition) is 2. The number of amidine groups is 1. The summed E-state index contributed by atoms with van der Waals surface area (Å²) in [5, 5.41) is 8.58. The monoisotopic (exact) mass is 276 g/mol. The van der Waals surface area contributed by atoms with Crippen molar-refractivity contribution < 1.29 is 0 Å². The molecular weight excluding hydrogens is 264 g/mol. The Labute approximate surface area is 121 Å². The molecule has 0 atom stereocenters. The maximum absolute atomic E-state index is 7.48. The number of hydrogen-bond donors (Lipinski definition) is 2. The van der Waals surface area contributed by atoms with Gasteiger partial charge in [0.15, 0.2) is 0 Å². The highest BCUT2D eigenvalue weighted by molar-refractivity contribution is 7.20. The van der Waals surface area contributed by atoms with Crippen LogP contribution in [0, 0.1) is 17.3 Å². The standard InChI is InChI=1S/C17H12N2S/c18-17(19)16-11-14-9-8-13(10-15(14)20-16)7-6-12-4-2-1-3-5-12/h1-5,8-11H,(H3,18,19). The Hall–Kier alpha value is -2.57. The molecule has 0 saturated heterocycles. The zero-order valence-electron chi connectivity index (χ0n) is 10.7. The average molecular weight is 276 g/mol. The first-order valence-electron chi connectivity index (χ1n) is 6.17. The predicted octanol–water partition coefficient (Wildman–Crippen LogP) is 3.59. The molecule has 0 fully saturated rings. The van der Waals surface area contributed by atoms with Crippen LogP contribution in [0.4, 0.5) is 0 Å². The lowest BCUT2D eigenvalue weighted by Crippen LogP contribution is -2.08. The van der Waals surface area contributed by atoms with Crippen molar-refractivity contribution in [2.75, 3.05) is 0 Å². The van der Waals surface area contributed by atoms with Crippen molar-refractivity contribution in [3.05, 3.63) is 70.6 Å². The second-order valence-electron chi connectivity index (χ2n) is 4.39. The van der Waals surface area contributed by atoms with Gasteiger partial charge in [0, 0.05) is 15.8 Å². The Morgan fingerprint density at radius 1 is 0.950 bits per heavy atom. The molecule has 96 valence electrons. The van der Waals surface area contributed by atoms with Crippen molar-refractivity contribution in [2.45, 2.75) is 0 Å². The number of benzene rings is 2. The van der Waals surface area contributed by atoms with Gasteiger partial charge in [0.05, 0.1) is 4.88 Å². The quantitative estimate of drug-likeness (QED) is 0.398. The van der Waals surface area contributed by atoms with Gasteiger partial charge in [-0.3, -0.25) is 5.41 Å². The Morgan fingerprint density at radius 3 is 2.45 bits per heavy atom. The van der Waals surface area contributed by atoms with Gasteiger partial charge in [0.2, 0.25) is 0 Å². The van der Waals surface area contributed by atoms with Crippen molar-refractivity contribution in [1.82, 2.24) is 0 Å². The molecule has 0 amide bonds. The van der Waals surface area contributed by atoms with Crippen LogP contribution in [0.2, 0.25) is 0 Å². The normalized spacial score (nSPS) is 10.0. The zero-order valence-corrected chi connectivity index (χ0v) is 11.5. The molecule has 0 spiro atoms. The van der Waals surface area contributed by atoms with Crippen LogP contribution in [0.5, 0.6) is 0 Å². The predicted molar refractivity (Wildman–Crippen MR) is 85.3 cm³/mol. The minimum atomic E-state index is 0.114. The largest absolute Gasteiger partial charge is 0.383 e. The number of nitrogens with two attached hydrogens (primary N) is 1. The lowest BCUT2D eigenvalue weighted by Gasteiger charge is -1.91. The van der Waals surface area contributed by atoms with Crippen molar-refractivity contribution >= 4 is 27.3 Å². The van der Waals surface area contributed by atoms with E-state index in [-0.39, 0.29) is 5.84 Å². The van der Waals surface area contributed by atoms with Crippen LogP contribution >= 0.6 is 11.3 Å². The van der Waals surface area contributed by atoms with Crippen LogP contribution in [-0.2, 0) is 0 Å². The van der Waals surface area contributed by atoms with Gasteiger partial charge in [0.25, 0.3) is 0 Å². The lowest BCUT2D eigenvalue weighted by atomic mass is 10.1. The second-order valence-corrected chi connectivity index (χ2v) is 5.48. The summed E-state index contributed by atoms with van der Waals surface area (Å²) >= 11 is 1.52. The van der Waals surface area contributed by atoms with Crippen LogP contribution in [-0.4, -0.2) is 5.84 Å². The summed E-state index contributed by atoms with van der Waals surface area (Å²) in [6.45, 7) is 0. The van der Waals surface area contributed by atoms with Crippen molar-refractivity contribution in [1.29, 1.82) is 5.41 Å². The third-order valence-electron chi connectivity index (χ3n) is 2.91. The van der Waals surface area contributed by atoms with Gasteiger partial charge in [-0.25, -0.2) is 0 Å². The molecule has 2 nitrogen and oxygen atoms in total. The fourth-order valence-electron chi connectivity index (χ4n) is 1.91. The van der Waals surface area contributed by atoms with E-state index in [9.17, 15) is 0 Å². The molecule has 20 heavy (non-hydrogen) atoms. The van der Waals surface area contributed by atoms with E-state index >= 15 is 0 Å². The van der Waals surface area contributed by atoms with Crippen LogP contribution in [0.25, 0.3) is 10.1 Å². The van der Waals surface area contributed by atoms with Gasteiger partial charge in [-0.2, -0.15) is 0 Å². The minimum absolute atomic E-state index is 0.114. The molecule has 0 saturated carbocycles. The van der Waals surface area contributed by atoms with Crippen LogP contribution in [0.1, 0.15) is 16.0 Å². The summed E-state index contributed by atoms with van der Waals surface area (Å²) in [5.41, 5.74) is 7.49. The van der Waals surface area contributed by atoms with Crippen molar-refractivity contribution in [3.63, 3.8) is 0 Å². The van der Waals surface area contributed by atoms with E-state index in [0.717, 1.165) is 26.1 Å². The molecule has 3 rings (SSSR count). The van der Waals surface area contributed by atoms with Gasteiger partial charge in [-0.05, 0) is 35.7 Å². The molecule has 1 aromatic heterocycles. The molecule has 0 unspecified atom stereocenters. The first-order chi connectivity index (χ1) is 9.72. The molecule has 3 N–H and O–H groups in total. The third-order valence-corrected chi connectivity index (χ3v) is 4.04. The molecule has 1 heterocycles. The molecule has 3 aromatic rings. The first-order valence-corrected chi connectivity index (χ1v) is 6.99. The van der Waals surface area contributed by atoms with Gasteiger partial charge in [-0.1, -0.05) is 36.1 Å². The van der Waals surface area contributed by atoms with E-state index in [0.29, 0.717) is 0 Å². The van der Waals surface area contributed by atoms with E-state index in [1.165, 1.54) is 11.3 Å². The van der Waals surface area contributed by atoms with Gasteiger partial charge < -0.3 is 5.73 Å². The second kappa shape index (κ2) is 5.20. The van der Waals surface area contributed by atoms with Crippen molar-refractivity contribution in [2.24, 2.45) is 5.73 Å². The first kappa shape index (κ1) is 12.5. The molecular formula is C17H12N2S. The van der Waals surface area contributed by atoms with Crippen LogP contribution in [0.15, 0.2) is 54.6 Å². The average Bonchev–Trinajstić information content (AvgIpc) is 2.89. The minimum Gasteiger partial charge on any atom is -0.383 e. The van der Waals surface area contributed by atoms with Crippen LogP contribution in [0.3, 0.4) is 0 Å². The van der Waals surface area contributed by atoms with Gasteiger partial charge in [-0.15, -0.1) is 11.3 Å². The maximum atomic E-state index is 7.48. The fourth-order valence-corrected chi connectivity index (χ4v) is 2.87. The van der Waals surface area contributed by atoms with E-state index in [1.807, 2.05) is 54.6 Å². The summed E-state index contributed by atoms with van der Waals surface area (Å²) in [5.74, 6) is 6.42. The van der Waals surface area contributed by atoms with Crippen molar-refractivity contribution in [3.8, 4) is 11.8 Å². The smallest absolute Gasteiger partial charge is 0.133 e. The molecule has 0 aliphatic heterocycles. The molecule has 0 aliphatic rings. The van der Waals surface area contributed by atoms with E-state index in [4.69, 9.17) is 11.1 Å². The molecule has 0 aliphatic carbocycles. The molecule has 3 heteroatoms. The summed E-state index contributed by atoms with van der Waals surface area (Å²) < 4.78 is 1.11.